The molecule has 2 aromatic rings. The first-order chi connectivity index (χ1) is 13.5. The highest BCUT2D eigenvalue weighted by Crippen LogP contribution is 2.29. The average Bonchev–Trinajstić information content (AvgIpc) is 2.70. The fourth-order valence-electron chi connectivity index (χ4n) is 2.94. The van der Waals surface area contributed by atoms with Crippen LogP contribution < -0.4 is 14.8 Å². The first-order valence-corrected chi connectivity index (χ1v) is 8.69. The molecule has 8 nitrogen and oxygen atoms in total. The third kappa shape index (κ3) is 4.40. The molecule has 0 fully saturated rings. The van der Waals surface area contributed by atoms with Gasteiger partial charge in [-0.25, -0.2) is 9.80 Å². The highest BCUT2D eigenvalue weighted by molar-refractivity contribution is 6.04. The van der Waals surface area contributed by atoms with E-state index in [9.17, 15) is 9.59 Å². The molecule has 1 heterocycles. The zero-order valence-corrected chi connectivity index (χ0v) is 15.6. The Morgan fingerprint density at radius 1 is 1.11 bits per heavy atom. The highest BCUT2D eigenvalue weighted by atomic mass is 16.5. The summed E-state index contributed by atoms with van der Waals surface area (Å²) in [5.74, 6) is 1.18. The van der Waals surface area contributed by atoms with Crippen molar-refractivity contribution >= 4 is 23.4 Å². The molecule has 0 spiro atoms. The Labute approximate surface area is 162 Å². The van der Waals surface area contributed by atoms with Crippen molar-refractivity contribution in [2.75, 3.05) is 19.5 Å². The Morgan fingerprint density at radius 3 is 2.46 bits per heavy atom. The van der Waals surface area contributed by atoms with Crippen LogP contribution in [0.5, 0.6) is 11.5 Å². The van der Waals surface area contributed by atoms with Gasteiger partial charge in [-0.15, -0.1) is 0 Å². The van der Waals surface area contributed by atoms with E-state index in [2.05, 4.69) is 10.4 Å². The largest absolute Gasteiger partial charge is 0.493 e. The quantitative estimate of drug-likeness (QED) is 0.797. The Bertz CT molecular complexity index is 909. The van der Waals surface area contributed by atoms with Crippen molar-refractivity contribution in [2.45, 2.75) is 19.4 Å². The van der Waals surface area contributed by atoms with Crippen LogP contribution in [0.25, 0.3) is 0 Å². The number of methoxy groups -OCH3 is 2. The first kappa shape index (κ1) is 19.2. The Kier molecular flexibility index (Phi) is 5.78. The fourth-order valence-corrected chi connectivity index (χ4v) is 2.94. The summed E-state index contributed by atoms with van der Waals surface area (Å²) in [6.07, 6.45) is -0.207. The number of nitrogens with zero attached hydrogens (tertiary/aromatic N) is 2. The number of rotatable bonds is 6. The molecule has 0 aliphatic carbocycles. The van der Waals surface area contributed by atoms with Crippen molar-refractivity contribution < 1.29 is 24.2 Å². The molecule has 1 aliphatic rings. The maximum Gasteiger partial charge on any atom is 0.409 e. The number of amides is 2. The van der Waals surface area contributed by atoms with E-state index in [4.69, 9.17) is 14.6 Å². The lowest BCUT2D eigenvalue weighted by atomic mass is 10.0. The van der Waals surface area contributed by atoms with Gasteiger partial charge in [-0.3, -0.25) is 10.1 Å². The standard InChI is InChI=1S/C20H21N3O5/c1-27-17-9-5-14(11-18(17)28-2)16-8-10-19(24)23(22-16)12-13-3-6-15(7-4-13)21-20(25)26/h3-7,9,11,21H,8,10,12H2,1-2H3,(H,25,26). The molecule has 0 unspecified atom stereocenters. The minimum absolute atomic E-state index is 0.0584. The summed E-state index contributed by atoms with van der Waals surface area (Å²) in [5, 5.41) is 17.0. The molecular formula is C20H21N3O5. The van der Waals surface area contributed by atoms with Crippen LogP contribution in [-0.2, 0) is 11.3 Å². The molecule has 0 aromatic heterocycles. The summed E-state index contributed by atoms with van der Waals surface area (Å²) in [5.41, 5.74) is 2.98. The van der Waals surface area contributed by atoms with Gasteiger partial charge in [-0.1, -0.05) is 12.1 Å². The predicted molar refractivity (Wildman–Crippen MR) is 104 cm³/mol. The van der Waals surface area contributed by atoms with Crippen LogP contribution in [0.3, 0.4) is 0 Å². The van der Waals surface area contributed by atoms with Crippen molar-refractivity contribution in [3.8, 4) is 11.5 Å². The van der Waals surface area contributed by atoms with Gasteiger partial charge in [-0.05, 0) is 35.9 Å². The van der Waals surface area contributed by atoms with Gasteiger partial charge in [0.25, 0.3) is 0 Å². The average molecular weight is 383 g/mol. The lowest BCUT2D eigenvalue weighted by molar-refractivity contribution is -0.132. The predicted octanol–water partition coefficient (Wildman–Crippen LogP) is 3.32. The number of nitrogens with one attached hydrogen (secondary N) is 1. The molecule has 0 saturated heterocycles. The van der Waals surface area contributed by atoms with Gasteiger partial charge in [0.1, 0.15) is 0 Å². The van der Waals surface area contributed by atoms with Gasteiger partial charge in [0, 0.05) is 24.1 Å². The molecule has 146 valence electrons. The minimum atomic E-state index is -1.12. The van der Waals surface area contributed by atoms with E-state index in [1.54, 1.807) is 38.5 Å². The first-order valence-electron chi connectivity index (χ1n) is 8.69. The maximum atomic E-state index is 12.3. The Balaban J connectivity index is 1.79. The van der Waals surface area contributed by atoms with Gasteiger partial charge >= 0.3 is 6.09 Å². The zero-order chi connectivity index (χ0) is 20.1. The van der Waals surface area contributed by atoms with Crippen LogP contribution in [0.15, 0.2) is 47.6 Å². The number of hydrogen-bond donors (Lipinski definition) is 2. The summed E-state index contributed by atoms with van der Waals surface area (Å²) in [6.45, 7) is 0.309. The number of ether oxygens (including phenoxy) is 2. The second-order valence-corrected chi connectivity index (χ2v) is 6.19. The topological polar surface area (TPSA) is 100 Å². The van der Waals surface area contributed by atoms with E-state index in [1.807, 2.05) is 18.2 Å². The number of carbonyl (C=O) groups excluding carboxylic acids is 1. The van der Waals surface area contributed by atoms with Crippen LogP contribution in [0.4, 0.5) is 10.5 Å². The molecule has 0 saturated carbocycles. The normalized spacial score (nSPS) is 13.7. The van der Waals surface area contributed by atoms with Gasteiger partial charge < -0.3 is 14.6 Å². The third-order valence-electron chi connectivity index (χ3n) is 4.36. The maximum absolute atomic E-state index is 12.3. The molecule has 8 heteroatoms. The lowest BCUT2D eigenvalue weighted by Gasteiger charge is -2.24. The van der Waals surface area contributed by atoms with Crippen LogP contribution in [0.2, 0.25) is 0 Å². The van der Waals surface area contributed by atoms with Crippen LogP contribution in [-0.4, -0.2) is 42.0 Å². The molecule has 2 N–H and O–H groups in total. The Hall–Kier alpha value is -3.55. The molecule has 0 atom stereocenters. The number of carbonyl (C=O) groups is 2. The smallest absolute Gasteiger partial charge is 0.409 e. The molecule has 28 heavy (non-hydrogen) atoms. The van der Waals surface area contributed by atoms with Crippen molar-refractivity contribution in [2.24, 2.45) is 5.10 Å². The Morgan fingerprint density at radius 2 is 1.82 bits per heavy atom. The van der Waals surface area contributed by atoms with Crippen molar-refractivity contribution in [3.05, 3.63) is 53.6 Å². The van der Waals surface area contributed by atoms with E-state index in [-0.39, 0.29) is 5.91 Å². The SMILES string of the molecule is COc1ccc(C2=NN(Cc3ccc(NC(=O)O)cc3)C(=O)CC2)cc1OC. The second kappa shape index (κ2) is 8.43. The van der Waals surface area contributed by atoms with Crippen molar-refractivity contribution in [1.82, 2.24) is 5.01 Å². The van der Waals surface area contributed by atoms with Gasteiger partial charge in [0.05, 0.1) is 26.5 Å². The van der Waals surface area contributed by atoms with E-state index in [1.165, 1.54) is 5.01 Å². The molecule has 0 bridgehead atoms. The molecular weight excluding hydrogens is 362 g/mol. The summed E-state index contributed by atoms with van der Waals surface area (Å²) in [4.78, 5) is 23.0. The van der Waals surface area contributed by atoms with E-state index < -0.39 is 6.09 Å². The number of hydrogen-bond acceptors (Lipinski definition) is 5. The molecule has 2 amide bonds. The van der Waals surface area contributed by atoms with E-state index >= 15 is 0 Å². The summed E-state index contributed by atoms with van der Waals surface area (Å²) in [6, 6.07) is 12.4. The van der Waals surface area contributed by atoms with Crippen molar-refractivity contribution in [1.29, 1.82) is 0 Å². The summed E-state index contributed by atoms with van der Waals surface area (Å²) in [7, 11) is 3.15. The summed E-state index contributed by atoms with van der Waals surface area (Å²) >= 11 is 0. The van der Waals surface area contributed by atoms with Crippen molar-refractivity contribution in [3.63, 3.8) is 0 Å². The van der Waals surface area contributed by atoms with Gasteiger partial charge in [0.15, 0.2) is 11.5 Å². The summed E-state index contributed by atoms with van der Waals surface area (Å²) < 4.78 is 10.6. The molecule has 2 aromatic carbocycles. The lowest BCUT2D eigenvalue weighted by Crippen LogP contribution is -2.31. The second-order valence-electron chi connectivity index (χ2n) is 6.19. The number of benzene rings is 2. The van der Waals surface area contributed by atoms with Crippen LogP contribution in [0.1, 0.15) is 24.0 Å². The molecule has 0 radical (unpaired) electrons. The number of carboxylic acid groups (broad SMARTS) is 1. The van der Waals surface area contributed by atoms with Gasteiger partial charge in [0.2, 0.25) is 5.91 Å². The van der Waals surface area contributed by atoms with Crippen LogP contribution in [0, 0.1) is 0 Å². The zero-order valence-electron chi connectivity index (χ0n) is 15.6. The monoisotopic (exact) mass is 383 g/mol. The molecule has 3 rings (SSSR count). The molecule has 1 aliphatic heterocycles. The van der Waals surface area contributed by atoms with Crippen LogP contribution >= 0.6 is 0 Å². The minimum Gasteiger partial charge on any atom is -0.493 e. The highest BCUT2D eigenvalue weighted by Gasteiger charge is 2.22. The van der Waals surface area contributed by atoms with E-state index in [0.29, 0.717) is 36.6 Å². The van der Waals surface area contributed by atoms with E-state index in [0.717, 1.165) is 16.8 Å². The fraction of sp³-hybridized carbons (Fsp3) is 0.250. The third-order valence-corrected chi connectivity index (χ3v) is 4.36. The number of hydrazone groups is 1. The van der Waals surface area contributed by atoms with Gasteiger partial charge in [-0.2, -0.15) is 5.10 Å². The number of anilines is 1.